The summed E-state index contributed by atoms with van der Waals surface area (Å²) in [5.41, 5.74) is 3.53. The molecule has 0 unspecified atom stereocenters. The van der Waals surface area contributed by atoms with Crippen molar-refractivity contribution in [3.63, 3.8) is 0 Å². The molecule has 2 aromatic carbocycles. The zero-order chi connectivity index (χ0) is 18.4. The maximum absolute atomic E-state index is 5.21. The quantitative estimate of drug-likeness (QED) is 0.498. The lowest BCUT2D eigenvalue weighted by molar-refractivity contribution is 0.780. The number of hydrogen-bond acceptors (Lipinski definition) is 4. The Morgan fingerprint density at radius 2 is 1.85 bits per heavy atom. The molecule has 0 aliphatic carbocycles. The van der Waals surface area contributed by atoms with Gasteiger partial charge >= 0.3 is 0 Å². The molecule has 0 amide bonds. The third-order valence-corrected chi connectivity index (χ3v) is 4.48. The van der Waals surface area contributed by atoms with E-state index in [1.54, 1.807) is 4.68 Å². The summed E-state index contributed by atoms with van der Waals surface area (Å²) >= 11 is 5.21. The maximum atomic E-state index is 5.21. The van der Waals surface area contributed by atoms with Gasteiger partial charge in [-0.1, -0.05) is 49.4 Å². The fourth-order valence-electron chi connectivity index (χ4n) is 2.76. The van der Waals surface area contributed by atoms with Gasteiger partial charge < -0.3 is 4.90 Å². The molecular formula is C20H23N5S. The molecular weight excluding hydrogens is 342 g/mol. The number of anilines is 1. The minimum Gasteiger partial charge on any atom is -0.367 e. The largest absolute Gasteiger partial charge is 0.367 e. The van der Waals surface area contributed by atoms with Gasteiger partial charge in [0.25, 0.3) is 0 Å². The number of nitrogens with zero attached hydrogens (tertiary/aromatic N) is 4. The first-order valence-electron chi connectivity index (χ1n) is 8.80. The van der Waals surface area contributed by atoms with Crippen molar-refractivity contribution in [3.8, 4) is 0 Å². The van der Waals surface area contributed by atoms with Gasteiger partial charge in [0.05, 0.1) is 6.21 Å². The standard InChI is InChI=1S/C20H23N5S/c1-3-19-22-23-20(26)25(19)21-14-16-10-12-18(13-11-16)24(4-2)15-17-8-6-5-7-9-17/h5-14H,3-4,15H2,1-2H3,(H,23,26)/b21-14-. The van der Waals surface area contributed by atoms with Crippen molar-refractivity contribution >= 4 is 24.1 Å². The Kier molecular flexibility index (Phi) is 5.96. The Hall–Kier alpha value is -2.73. The van der Waals surface area contributed by atoms with E-state index in [4.69, 9.17) is 12.2 Å². The van der Waals surface area contributed by atoms with Gasteiger partial charge in [0.2, 0.25) is 4.77 Å². The number of nitrogens with one attached hydrogen (secondary N) is 1. The van der Waals surface area contributed by atoms with Crippen molar-refractivity contribution in [1.82, 2.24) is 14.9 Å². The molecule has 5 nitrogen and oxygen atoms in total. The van der Waals surface area contributed by atoms with Gasteiger partial charge in [0, 0.05) is 25.2 Å². The highest BCUT2D eigenvalue weighted by molar-refractivity contribution is 7.71. The molecule has 0 saturated carbocycles. The predicted octanol–water partition coefficient (Wildman–Crippen LogP) is 4.41. The molecule has 134 valence electrons. The van der Waals surface area contributed by atoms with Crippen LogP contribution in [0.25, 0.3) is 0 Å². The molecule has 0 aliphatic heterocycles. The van der Waals surface area contributed by atoms with Crippen LogP contribution in [0.2, 0.25) is 0 Å². The van der Waals surface area contributed by atoms with E-state index in [1.807, 2.05) is 19.2 Å². The van der Waals surface area contributed by atoms with Crippen LogP contribution >= 0.6 is 12.2 Å². The maximum Gasteiger partial charge on any atom is 0.216 e. The smallest absolute Gasteiger partial charge is 0.216 e. The van der Waals surface area contributed by atoms with Gasteiger partial charge in [0.15, 0.2) is 5.82 Å². The molecule has 0 radical (unpaired) electrons. The van der Waals surface area contributed by atoms with E-state index < -0.39 is 0 Å². The zero-order valence-corrected chi connectivity index (χ0v) is 15.9. The minimum atomic E-state index is 0.509. The average Bonchev–Trinajstić information content (AvgIpc) is 3.05. The molecule has 1 aromatic heterocycles. The van der Waals surface area contributed by atoms with Gasteiger partial charge in [0.1, 0.15) is 0 Å². The number of aromatic amines is 1. The first-order valence-corrected chi connectivity index (χ1v) is 9.21. The first-order chi connectivity index (χ1) is 12.7. The number of rotatable bonds is 7. The van der Waals surface area contributed by atoms with Crippen LogP contribution in [-0.2, 0) is 13.0 Å². The lowest BCUT2D eigenvalue weighted by atomic mass is 10.1. The van der Waals surface area contributed by atoms with E-state index in [2.05, 4.69) is 75.7 Å². The Morgan fingerprint density at radius 3 is 2.50 bits per heavy atom. The molecule has 1 heterocycles. The number of H-pyrrole nitrogens is 1. The van der Waals surface area contributed by atoms with Crippen LogP contribution < -0.4 is 4.90 Å². The molecule has 0 saturated heterocycles. The van der Waals surface area contributed by atoms with Gasteiger partial charge in [-0.15, -0.1) is 0 Å². The van der Waals surface area contributed by atoms with Gasteiger partial charge in [-0.2, -0.15) is 14.9 Å². The normalized spacial score (nSPS) is 11.2. The summed E-state index contributed by atoms with van der Waals surface area (Å²) in [6, 6.07) is 18.9. The van der Waals surface area contributed by atoms with Crippen molar-refractivity contribution in [1.29, 1.82) is 0 Å². The summed E-state index contributed by atoms with van der Waals surface area (Å²) < 4.78 is 2.17. The number of benzene rings is 2. The SMILES string of the molecule is CCc1n[nH]c(=S)n1/N=C\c1ccc(N(CC)Cc2ccccc2)cc1. The van der Waals surface area contributed by atoms with E-state index >= 15 is 0 Å². The highest BCUT2D eigenvalue weighted by Crippen LogP contribution is 2.17. The number of aromatic nitrogens is 3. The minimum absolute atomic E-state index is 0.509. The molecule has 6 heteroatoms. The molecule has 0 atom stereocenters. The highest BCUT2D eigenvalue weighted by atomic mass is 32.1. The van der Waals surface area contributed by atoms with Crippen LogP contribution in [0.5, 0.6) is 0 Å². The summed E-state index contributed by atoms with van der Waals surface area (Å²) in [6.07, 6.45) is 2.58. The number of hydrogen-bond donors (Lipinski definition) is 1. The number of aryl methyl sites for hydroxylation is 1. The van der Waals surface area contributed by atoms with E-state index in [9.17, 15) is 0 Å². The second-order valence-electron chi connectivity index (χ2n) is 5.95. The summed E-state index contributed by atoms with van der Waals surface area (Å²) in [5.74, 6) is 0.822. The van der Waals surface area contributed by atoms with Crippen molar-refractivity contribution in [2.75, 3.05) is 11.4 Å². The van der Waals surface area contributed by atoms with Crippen molar-refractivity contribution in [3.05, 3.63) is 76.3 Å². The lowest BCUT2D eigenvalue weighted by Gasteiger charge is -2.23. The Morgan fingerprint density at radius 1 is 1.12 bits per heavy atom. The van der Waals surface area contributed by atoms with Crippen molar-refractivity contribution < 1.29 is 0 Å². The predicted molar refractivity (Wildman–Crippen MR) is 109 cm³/mol. The molecule has 1 N–H and O–H groups in total. The molecule has 0 spiro atoms. The Balaban J connectivity index is 1.74. The topological polar surface area (TPSA) is 49.2 Å². The van der Waals surface area contributed by atoms with Crippen LogP contribution in [0.15, 0.2) is 59.7 Å². The van der Waals surface area contributed by atoms with E-state index in [0.717, 1.165) is 30.9 Å². The Bertz CT molecular complexity index is 909. The zero-order valence-electron chi connectivity index (χ0n) is 15.1. The fraction of sp³-hybridized carbons (Fsp3) is 0.250. The summed E-state index contributed by atoms with van der Waals surface area (Å²) in [6.45, 7) is 6.05. The van der Waals surface area contributed by atoms with Crippen LogP contribution in [0.3, 0.4) is 0 Å². The molecule has 0 aliphatic rings. The van der Waals surface area contributed by atoms with Crippen LogP contribution in [0, 0.1) is 4.77 Å². The van der Waals surface area contributed by atoms with Crippen molar-refractivity contribution in [2.45, 2.75) is 26.8 Å². The van der Waals surface area contributed by atoms with Crippen molar-refractivity contribution in [2.24, 2.45) is 5.10 Å². The molecule has 3 rings (SSSR count). The van der Waals surface area contributed by atoms with E-state index in [1.165, 1.54) is 11.3 Å². The third-order valence-electron chi connectivity index (χ3n) is 4.21. The molecule has 26 heavy (non-hydrogen) atoms. The Labute approximate surface area is 159 Å². The molecule has 0 fully saturated rings. The monoisotopic (exact) mass is 365 g/mol. The summed E-state index contributed by atoms with van der Waals surface area (Å²) in [5, 5.41) is 11.4. The summed E-state index contributed by atoms with van der Waals surface area (Å²) in [7, 11) is 0. The van der Waals surface area contributed by atoms with E-state index in [-0.39, 0.29) is 0 Å². The van der Waals surface area contributed by atoms with E-state index in [0.29, 0.717) is 4.77 Å². The molecule has 3 aromatic rings. The van der Waals surface area contributed by atoms with Gasteiger partial charge in [-0.25, -0.2) is 0 Å². The van der Waals surface area contributed by atoms with Gasteiger partial charge in [-0.05, 0) is 42.4 Å². The van der Waals surface area contributed by atoms with Crippen LogP contribution in [-0.4, -0.2) is 27.6 Å². The second kappa shape index (κ2) is 8.58. The molecule has 0 bridgehead atoms. The van der Waals surface area contributed by atoms with Gasteiger partial charge in [-0.3, -0.25) is 5.10 Å². The summed E-state index contributed by atoms with van der Waals surface area (Å²) in [4.78, 5) is 2.34. The first kappa shape index (κ1) is 18.1. The third kappa shape index (κ3) is 4.26. The average molecular weight is 366 g/mol. The van der Waals surface area contributed by atoms with Crippen LogP contribution in [0.4, 0.5) is 5.69 Å². The fourth-order valence-corrected chi connectivity index (χ4v) is 2.96. The highest BCUT2D eigenvalue weighted by Gasteiger charge is 2.05. The lowest BCUT2D eigenvalue weighted by Crippen LogP contribution is -2.21. The second-order valence-corrected chi connectivity index (χ2v) is 6.33. The van der Waals surface area contributed by atoms with Crippen LogP contribution in [0.1, 0.15) is 30.8 Å².